The second kappa shape index (κ2) is 7.32. The first-order valence-corrected chi connectivity index (χ1v) is 8.78. The molecule has 0 aliphatic carbocycles. The van der Waals surface area contributed by atoms with Gasteiger partial charge < -0.3 is 19.5 Å². The van der Waals surface area contributed by atoms with E-state index in [0.717, 1.165) is 0 Å². The Labute approximate surface area is 161 Å². The quantitative estimate of drug-likeness (QED) is 0.609. The fourth-order valence-corrected chi connectivity index (χ4v) is 3.18. The van der Waals surface area contributed by atoms with E-state index in [1.165, 1.54) is 23.1 Å². The summed E-state index contributed by atoms with van der Waals surface area (Å²) in [6.45, 7) is 0.879. The van der Waals surface area contributed by atoms with Gasteiger partial charge in [0.2, 0.25) is 6.79 Å². The second-order valence-corrected chi connectivity index (χ2v) is 6.39. The predicted octanol–water partition coefficient (Wildman–Crippen LogP) is 2.30. The van der Waals surface area contributed by atoms with Gasteiger partial charge in [-0.15, -0.1) is 0 Å². The lowest BCUT2D eigenvalue weighted by Crippen LogP contribution is -2.31. The summed E-state index contributed by atoms with van der Waals surface area (Å²) in [5.74, 6) is 0.0415. The van der Waals surface area contributed by atoms with Crippen LogP contribution in [0.2, 0.25) is 0 Å². The number of imide groups is 1. The highest BCUT2D eigenvalue weighted by Gasteiger charge is 2.35. The van der Waals surface area contributed by atoms with Crippen LogP contribution in [0.15, 0.2) is 36.4 Å². The van der Waals surface area contributed by atoms with Crippen LogP contribution in [0.4, 0.5) is 5.69 Å². The van der Waals surface area contributed by atoms with Crippen LogP contribution in [-0.4, -0.2) is 49.7 Å². The number of nitrogens with zero attached hydrogens (tertiary/aromatic N) is 1. The van der Waals surface area contributed by atoms with E-state index >= 15 is 0 Å². The third kappa shape index (κ3) is 3.18. The maximum atomic E-state index is 12.6. The Hall–Kier alpha value is -3.39. The van der Waals surface area contributed by atoms with Crippen molar-refractivity contribution in [2.75, 3.05) is 32.4 Å². The van der Waals surface area contributed by atoms with Crippen molar-refractivity contribution in [2.45, 2.75) is 6.42 Å². The molecule has 1 N–H and O–H groups in total. The number of anilines is 1. The molecule has 28 heavy (non-hydrogen) atoms. The summed E-state index contributed by atoms with van der Waals surface area (Å²) < 4.78 is 15.5. The molecule has 144 valence electrons. The fraction of sp³-hybridized carbons (Fsp3) is 0.250. The van der Waals surface area contributed by atoms with Crippen LogP contribution in [0.25, 0.3) is 0 Å². The number of methoxy groups -OCH3 is 1. The van der Waals surface area contributed by atoms with Gasteiger partial charge in [-0.25, -0.2) is 0 Å². The van der Waals surface area contributed by atoms with E-state index in [4.69, 9.17) is 14.2 Å². The van der Waals surface area contributed by atoms with E-state index in [9.17, 15) is 14.4 Å². The molecular weight excluding hydrogens is 364 g/mol. The standard InChI is InChI=1S/C20H18N2O6/c1-26-8-2-7-22-19(24)14-5-3-12(9-15(14)20(22)25)18(23)21-13-4-6-16-17(10-13)28-11-27-16/h3-6,9-10H,2,7-8,11H2,1H3,(H,21,23). The molecule has 0 unspecified atom stereocenters. The number of carbonyl (C=O) groups excluding carboxylic acids is 3. The minimum atomic E-state index is -0.395. The van der Waals surface area contributed by atoms with Crippen LogP contribution >= 0.6 is 0 Å². The summed E-state index contributed by atoms with van der Waals surface area (Å²) in [5.41, 5.74) is 1.37. The summed E-state index contributed by atoms with van der Waals surface area (Å²) in [5, 5.41) is 2.76. The molecule has 8 nitrogen and oxygen atoms in total. The molecular formula is C20H18N2O6. The van der Waals surface area contributed by atoms with Crippen molar-refractivity contribution in [2.24, 2.45) is 0 Å². The zero-order valence-corrected chi connectivity index (χ0v) is 15.2. The molecule has 0 saturated heterocycles. The van der Waals surface area contributed by atoms with Crippen molar-refractivity contribution in [3.63, 3.8) is 0 Å². The van der Waals surface area contributed by atoms with Crippen molar-refractivity contribution >= 4 is 23.4 Å². The van der Waals surface area contributed by atoms with Crippen LogP contribution in [0.3, 0.4) is 0 Å². The number of carbonyl (C=O) groups is 3. The number of amides is 3. The topological polar surface area (TPSA) is 94.2 Å². The molecule has 0 bridgehead atoms. The van der Waals surface area contributed by atoms with E-state index in [0.29, 0.717) is 35.8 Å². The molecule has 0 fully saturated rings. The summed E-state index contributed by atoms with van der Waals surface area (Å²) in [6, 6.07) is 9.57. The molecule has 2 aromatic carbocycles. The van der Waals surface area contributed by atoms with Crippen molar-refractivity contribution in [3.05, 3.63) is 53.1 Å². The number of hydrogen-bond donors (Lipinski definition) is 1. The molecule has 2 aromatic rings. The maximum absolute atomic E-state index is 12.6. The van der Waals surface area contributed by atoms with Crippen LogP contribution in [0.5, 0.6) is 11.5 Å². The smallest absolute Gasteiger partial charge is 0.261 e. The SMILES string of the molecule is COCCCN1C(=O)c2ccc(C(=O)Nc3ccc4c(c3)OCO4)cc2C1=O. The van der Waals surface area contributed by atoms with Gasteiger partial charge in [-0.3, -0.25) is 19.3 Å². The van der Waals surface area contributed by atoms with E-state index in [2.05, 4.69) is 5.32 Å². The minimum Gasteiger partial charge on any atom is -0.454 e. The number of benzene rings is 2. The summed E-state index contributed by atoms with van der Waals surface area (Å²) in [7, 11) is 1.56. The Morgan fingerprint density at radius 1 is 1.07 bits per heavy atom. The normalized spacial score (nSPS) is 14.4. The predicted molar refractivity (Wildman–Crippen MR) is 98.8 cm³/mol. The summed E-state index contributed by atoms with van der Waals surface area (Å²) in [6.07, 6.45) is 0.555. The lowest BCUT2D eigenvalue weighted by atomic mass is 10.1. The summed E-state index contributed by atoms with van der Waals surface area (Å²) >= 11 is 0. The van der Waals surface area contributed by atoms with Gasteiger partial charge in [-0.05, 0) is 36.8 Å². The molecule has 4 rings (SSSR count). The van der Waals surface area contributed by atoms with Crippen molar-refractivity contribution < 1.29 is 28.6 Å². The number of rotatable bonds is 6. The van der Waals surface area contributed by atoms with Gasteiger partial charge in [0.1, 0.15) is 0 Å². The molecule has 2 aliphatic heterocycles. The molecule has 0 saturated carbocycles. The average molecular weight is 382 g/mol. The lowest BCUT2D eigenvalue weighted by Gasteiger charge is -2.12. The zero-order valence-electron chi connectivity index (χ0n) is 15.2. The second-order valence-electron chi connectivity index (χ2n) is 6.39. The van der Waals surface area contributed by atoms with Gasteiger partial charge in [0.05, 0.1) is 11.1 Å². The van der Waals surface area contributed by atoms with E-state index < -0.39 is 5.91 Å². The Morgan fingerprint density at radius 3 is 2.68 bits per heavy atom. The monoisotopic (exact) mass is 382 g/mol. The molecule has 3 amide bonds. The third-order valence-electron chi connectivity index (χ3n) is 4.59. The maximum Gasteiger partial charge on any atom is 0.261 e. The van der Waals surface area contributed by atoms with Crippen molar-refractivity contribution in [1.29, 1.82) is 0 Å². The largest absolute Gasteiger partial charge is 0.454 e. The summed E-state index contributed by atoms with van der Waals surface area (Å²) in [4.78, 5) is 38.8. The van der Waals surface area contributed by atoms with Crippen LogP contribution in [0, 0.1) is 0 Å². The van der Waals surface area contributed by atoms with Gasteiger partial charge in [-0.1, -0.05) is 0 Å². The van der Waals surface area contributed by atoms with Gasteiger partial charge in [0.25, 0.3) is 17.7 Å². The Bertz CT molecular complexity index is 971. The first-order valence-electron chi connectivity index (χ1n) is 8.78. The molecule has 0 radical (unpaired) electrons. The minimum absolute atomic E-state index is 0.147. The molecule has 8 heteroatoms. The van der Waals surface area contributed by atoms with Crippen LogP contribution < -0.4 is 14.8 Å². The highest BCUT2D eigenvalue weighted by molar-refractivity contribution is 6.22. The lowest BCUT2D eigenvalue weighted by molar-refractivity contribution is 0.0638. The van der Waals surface area contributed by atoms with Gasteiger partial charge in [-0.2, -0.15) is 0 Å². The van der Waals surface area contributed by atoms with Gasteiger partial charge in [0, 0.05) is 37.6 Å². The van der Waals surface area contributed by atoms with E-state index in [1.54, 1.807) is 25.3 Å². The molecule has 2 heterocycles. The average Bonchev–Trinajstić information content (AvgIpc) is 3.26. The number of ether oxygens (including phenoxy) is 3. The molecule has 0 atom stereocenters. The third-order valence-corrected chi connectivity index (χ3v) is 4.59. The highest BCUT2D eigenvalue weighted by Crippen LogP contribution is 2.34. The Kier molecular flexibility index (Phi) is 4.70. The van der Waals surface area contributed by atoms with Crippen molar-refractivity contribution in [3.8, 4) is 11.5 Å². The zero-order chi connectivity index (χ0) is 19.7. The van der Waals surface area contributed by atoms with Crippen molar-refractivity contribution in [1.82, 2.24) is 4.90 Å². The number of nitrogens with one attached hydrogen (secondary N) is 1. The molecule has 2 aliphatic rings. The molecule has 0 spiro atoms. The van der Waals surface area contributed by atoms with Gasteiger partial charge >= 0.3 is 0 Å². The number of hydrogen-bond acceptors (Lipinski definition) is 6. The first-order chi connectivity index (χ1) is 13.6. The van der Waals surface area contributed by atoms with Crippen LogP contribution in [-0.2, 0) is 4.74 Å². The van der Waals surface area contributed by atoms with E-state index in [-0.39, 0.29) is 36.3 Å². The highest BCUT2D eigenvalue weighted by atomic mass is 16.7. The fourth-order valence-electron chi connectivity index (χ4n) is 3.18. The Balaban J connectivity index is 1.51. The van der Waals surface area contributed by atoms with Gasteiger partial charge in [0.15, 0.2) is 11.5 Å². The molecule has 0 aromatic heterocycles. The first kappa shape index (κ1) is 18.0. The number of fused-ring (bicyclic) bond motifs is 2. The van der Waals surface area contributed by atoms with E-state index in [1.807, 2.05) is 0 Å². The Morgan fingerprint density at radius 2 is 1.86 bits per heavy atom. The van der Waals surface area contributed by atoms with Crippen LogP contribution in [0.1, 0.15) is 37.5 Å².